The molecule has 0 radical (unpaired) electrons. The molecule has 0 bridgehead atoms. The van der Waals surface area contributed by atoms with Crippen molar-refractivity contribution in [1.29, 1.82) is 0 Å². The Bertz CT molecular complexity index is 443. The van der Waals surface area contributed by atoms with E-state index in [1.807, 2.05) is 0 Å². The first-order valence-corrected chi connectivity index (χ1v) is 10.1. The van der Waals surface area contributed by atoms with Gasteiger partial charge in [0.25, 0.3) is 0 Å². The fourth-order valence-corrected chi connectivity index (χ4v) is 4.10. The Morgan fingerprint density at radius 3 is 2.35 bits per heavy atom. The highest BCUT2D eigenvalue weighted by Crippen LogP contribution is 2.39. The van der Waals surface area contributed by atoms with E-state index in [-0.39, 0.29) is 0 Å². The van der Waals surface area contributed by atoms with Crippen LogP contribution in [0.5, 0.6) is 0 Å². The fourth-order valence-electron chi connectivity index (χ4n) is 4.10. The average molecular weight is 316 g/mol. The Labute approximate surface area is 144 Å². The summed E-state index contributed by atoms with van der Waals surface area (Å²) in [5.74, 6) is 1.82. The molecular weight excluding hydrogens is 278 g/mol. The molecule has 0 aromatic heterocycles. The zero-order chi connectivity index (χ0) is 16.5. The van der Waals surface area contributed by atoms with Crippen LogP contribution in [0.2, 0.25) is 0 Å². The Morgan fingerprint density at radius 1 is 0.957 bits per heavy atom. The van der Waals surface area contributed by atoms with Gasteiger partial charge < -0.3 is 5.32 Å². The number of rotatable bonds is 9. The summed E-state index contributed by atoms with van der Waals surface area (Å²) in [5, 5.41) is 3.55. The van der Waals surface area contributed by atoms with Crippen molar-refractivity contribution in [3.8, 4) is 0 Å². The first kappa shape index (κ1) is 18.4. The van der Waals surface area contributed by atoms with Crippen LogP contribution in [0.25, 0.3) is 0 Å². The monoisotopic (exact) mass is 315 g/mol. The van der Waals surface area contributed by atoms with Crippen LogP contribution in [0.4, 0.5) is 5.69 Å². The van der Waals surface area contributed by atoms with Crippen LogP contribution >= 0.6 is 0 Å². The van der Waals surface area contributed by atoms with Crippen LogP contribution in [0.15, 0.2) is 18.2 Å². The minimum absolute atomic E-state index is 0.808. The zero-order valence-electron chi connectivity index (χ0n) is 15.7. The van der Waals surface area contributed by atoms with E-state index in [0.717, 1.165) is 18.4 Å². The lowest BCUT2D eigenvalue weighted by Crippen LogP contribution is -2.14. The maximum Gasteiger partial charge on any atom is 0.0343 e. The van der Waals surface area contributed by atoms with Gasteiger partial charge in [0.1, 0.15) is 0 Å². The van der Waals surface area contributed by atoms with Gasteiger partial charge in [-0.2, -0.15) is 0 Å². The summed E-state index contributed by atoms with van der Waals surface area (Å²) in [6.45, 7) is 7.95. The lowest BCUT2D eigenvalue weighted by atomic mass is 9.76. The molecule has 1 aromatic carbocycles. The number of benzene rings is 1. The highest BCUT2D eigenvalue weighted by molar-refractivity contribution is 5.49. The Kier molecular flexibility index (Phi) is 7.99. The van der Waals surface area contributed by atoms with Gasteiger partial charge in [0.05, 0.1) is 0 Å². The SMILES string of the molecule is CCCCCC1CCC(c2ccc(NCCCC)cc2C)CC1. The molecule has 1 aliphatic carbocycles. The van der Waals surface area contributed by atoms with Crippen LogP contribution in [-0.2, 0) is 0 Å². The van der Waals surface area contributed by atoms with Crippen LogP contribution in [0.1, 0.15) is 95.1 Å². The van der Waals surface area contributed by atoms with Crippen LogP contribution < -0.4 is 5.32 Å². The molecule has 0 spiro atoms. The third-order valence-corrected chi connectivity index (χ3v) is 5.63. The second-order valence-corrected chi connectivity index (χ2v) is 7.57. The molecule has 0 amide bonds. The van der Waals surface area contributed by atoms with E-state index in [1.54, 1.807) is 5.56 Å². The van der Waals surface area contributed by atoms with Crippen molar-refractivity contribution in [1.82, 2.24) is 0 Å². The van der Waals surface area contributed by atoms with Crippen molar-refractivity contribution in [2.24, 2.45) is 5.92 Å². The molecule has 1 N–H and O–H groups in total. The molecule has 1 heteroatoms. The van der Waals surface area contributed by atoms with Crippen molar-refractivity contribution in [3.63, 3.8) is 0 Å². The first-order valence-electron chi connectivity index (χ1n) is 10.1. The molecular formula is C22H37N. The number of anilines is 1. The second-order valence-electron chi connectivity index (χ2n) is 7.57. The minimum Gasteiger partial charge on any atom is -0.385 e. The van der Waals surface area contributed by atoms with Crippen molar-refractivity contribution < 1.29 is 0 Å². The maximum absolute atomic E-state index is 3.55. The zero-order valence-corrected chi connectivity index (χ0v) is 15.7. The molecule has 130 valence electrons. The van der Waals surface area contributed by atoms with E-state index in [1.165, 1.54) is 75.5 Å². The van der Waals surface area contributed by atoms with E-state index in [0.29, 0.717) is 0 Å². The summed E-state index contributed by atoms with van der Waals surface area (Å²) in [6.07, 6.45) is 13.9. The lowest BCUT2D eigenvalue weighted by Gasteiger charge is -2.30. The van der Waals surface area contributed by atoms with E-state index < -0.39 is 0 Å². The summed E-state index contributed by atoms with van der Waals surface area (Å²) < 4.78 is 0. The van der Waals surface area contributed by atoms with Gasteiger partial charge in [-0.25, -0.2) is 0 Å². The van der Waals surface area contributed by atoms with Gasteiger partial charge >= 0.3 is 0 Å². The van der Waals surface area contributed by atoms with Gasteiger partial charge in [-0.15, -0.1) is 0 Å². The van der Waals surface area contributed by atoms with E-state index in [4.69, 9.17) is 0 Å². The highest BCUT2D eigenvalue weighted by atomic mass is 14.9. The average Bonchev–Trinajstić information content (AvgIpc) is 2.56. The number of hydrogen-bond acceptors (Lipinski definition) is 1. The molecule has 1 aromatic rings. The summed E-state index contributed by atoms with van der Waals surface area (Å²) in [4.78, 5) is 0. The number of hydrogen-bond donors (Lipinski definition) is 1. The predicted molar refractivity (Wildman–Crippen MR) is 103 cm³/mol. The summed E-state index contributed by atoms with van der Waals surface area (Å²) >= 11 is 0. The molecule has 0 heterocycles. The molecule has 0 aliphatic heterocycles. The standard InChI is InChI=1S/C22H37N/c1-4-6-8-9-19-10-12-20(13-11-19)22-15-14-21(17-18(22)3)23-16-7-5-2/h14-15,17,19-20,23H,4-13,16H2,1-3H3. The molecule has 1 aliphatic rings. The molecule has 0 unspecified atom stereocenters. The molecule has 2 rings (SSSR count). The van der Waals surface area contributed by atoms with Gasteiger partial charge in [-0.05, 0) is 74.1 Å². The van der Waals surface area contributed by atoms with Gasteiger partial charge in [0.15, 0.2) is 0 Å². The largest absolute Gasteiger partial charge is 0.385 e. The fraction of sp³-hybridized carbons (Fsp3) is 0.727. The third kappa shape index (κ3) is 5.86. The number of aryl methyl sites for hydroxylation is 1. The smallest absolute Gasteiger partial charge is 0.0343 e. The van der Waals surface area contributed by atoms with Gasteiger partial charge in [0, 0.05) is 12.2 Å². The third-order valence-electron chi connectivity index (χ3n) is 5.63. The Balaban J connectivity index is 1.83. The van der Waals surface area contributed by atoms with Gasteiger partial charge in [-0.1, -0.05) is 52.0 Å². The Morgan fingerprint density at radius 2 is 1.70 bits per heavy atom. The molecule has 1 fully saturated rings. The Hall–Kier alpha value is -0.980. The van der Waals surface area contributed by atoms with Gasteiger partial charge in [-0.3, -0.25) is 0 Å². The second kappa shape index (κ2) is 10.0. The van der Waals surface area contributed by atoms with Crippen molar-refractivity contribution in [3.05, 3.63) is 29.3 Å². The van der Waals surface area contributed by atoms with Crippen molar-refractivity contribution in [2.45, 2.75) is 90.9 Å². The molecule has 1 saturated carbocycles. The maximum atomic E-state index is 3.55. The lowest BCUT2D eigenvalue weighted by molar-refractivity contribution is 0.302. The van der Waals surface area contributed by atoms with Gasteiger partial charge in [0.2, 0.25) is 0 Å². The summed E-state index contributed by atoms with van der Waals surface area (Å²) in [7, 11) is 0. The number of nitrogens with one attached hydrogen (secondary N) is 1. The van der Waals surface area contributed by atoms with E-state index in [2.05, 4.69) is 44.3 Å². The van der Waals surface area contributed by atoms with Crippen LogP contribution in [-0.4, -0.2) is 6.54 Å². The summed E-state index contributed by atoms with van der Waals surface area (Å²) in [6, 6.07) is 7.05. The van der Waals surface area contributed by atoms with E-state index >= 15 is 0 Å². The highest BCUT2D eigenvalue weighted by Gasteiger charge is 2.23. The van der Waals surface area contributed by atoms with E-state index in [9.17, 15) is 0 Å². The van der Waals surface area contributed by atoms with Crippen LogP contribution in [0, 0.1) is 12.8 Å². The predicted octanol–water partition coefficient (Wildman–Crippen LogP) is 7.06. The molecule has 1 nitrogen and oxygen atoms in total. The topological polar surface area (TPSA) is 12.0 Å². The first-order chi connectivity index (χ1) is 11.2. The normalized spacial score (nSPS) is 21.3. The molecule has 0 saturated heterocycles. The minimum atomic E-state index is 0.808. The summed E-state index contributed by atoms with van der Waals surface area (Å²) in [5.41, 5.74) is 4.40. The molecule has 23 heavy (non-hydrogen) atoms. The number of unbranched alkanes of at least 4 members (excludes halogenated alkanes) is 3. The molecule has 0 atom stereocenters. The van der Waals surface area contributed by atoms with Crippen LogP contribution in [0.3, 0.4) is 0 Å². The van der Waals surface area contributed by atoms with Crippen molar-refractivity contribution in [2.75, 3.05) is 11.9 Å². The quantitative estimate of drug-likeness (QED) is 0.481. The van der Waals surface area contributed by atoms with Crippen molar-refractivity contribution >= 4 is 5.69 Å².